The van der Waals surface area contributed by atoms with E-state index >= 15 is 0 Å². The van der Waals surface area contributed by atoms with Crippen molar-refractivity contribution in [1.29, 1.82) is 0 Å². The van der Waals surface area contributed by atoms with Gasteiger partial charge >= 0.3 is 0 Å². The molecular formula is C27H28BrN3O4. The van der Waals surface area contributed by atoms with E-state index in [0.29, 0.717) is 36.0 Å². The van der Waals surface area contributed by atoms with E-state index < -0.39 is 11.8 Å². The number of hydrogen-bond donors (Lipinski definition) is 2. The number of benzene rings is 3. The summed E-state index contributed by atoms with van der Waals surface area (Å²) in [7, 11) is 0. The van der Waals surface area contributed by atoms with Crippen molar-refractivity contribution >= 4 is 39.6 Å². The van der Waals surface area contributed by atoms with Crippen molar-refractivity contribution in [3.05, 3.63) is 87.4 Å². The van der Waals surface area contributed by atoms with Crippen LogP contribution in [-0.2, 0) is 16.2 Å². The fourth-order valence-electron chi connectivity index (χ4n) is 3.12. The Hall–Kier alpha value is -3.65. The number of carbonyl (C=O) groups is 2. The number of amides is 2. The van der Waals surface area contributed by atoms with Gasteiger partial charge in [0.25, 0.3) is 0 Å². The third-order valence-corrected chi connectivity index (χ3v) is 5.62. The molecule has 0 aromatic heterocycles. The van der Waals surface area contributed by atoms with Gasteiger partial charge < -0.3 is 14.8 Å². The van der Waals surface area contributed by atoms with E-state index in [9.17, 15) is 9.59 Å². The molecule has 0 atom stereocenters. The minimum absolute atomic E-state index is 0.336. The van der Waals surface area contributed by atoms with E-state index in [0.717, 1.165) is 21.2 Å². The first-order chi connectivity index (χ1) is 16.8. The molecule has 0 radical (unpaired) electrons. The fraction of sp³-hybridized carbons (Fsp3) is 0.222. The zero-order chi connectivity index (χ0) is 25.2. The van der Waals surface area contributed by atoms with Gasteiger partial charge in [0.2, 0.25) is 11.8 Å². The average molecular weight is 538 g/mol. The number of ether oxygens (including phenoxy) is 2. The van der Waals surface area contributed by atoms with Gasteiger partial charge in [-0.05, 0) is 85.5 Å². The van der Waals surface area contributed by atoms with Crippen LogP contribution in [0.25, 0.3) is 0 Å². The molecule has 0 aliphatic heterocycles. The quantitative estimate of drug-likeness (QED) is 0.202. The van der Waals surface area contributed by atoms with Crippen LogP contribution < -0.4 is 20.2 Å². The molecule has 0 heterocycles. The summed E-state index contributed by atoms with van der Waals surface area (Å²) in [5.41, 5.74) is 6.97. The predicted molar refractivity (Wildman–Crippen MR) is 141 cm³/mol. The lowest BCUT2D eigenvalue weighted by atomic mass is 10.1. The van der Waals surface area contributed by atoms with Gasteiger partial charge in [0.15, 0.2) is 11.5 Å². The number of rotatable bonds is 10. The maximum absolute atomic E-state index is 12.1. The van der Waals surface area contributed by atoms with Gasteiger partial charge in [0, 0.05) is 10.2 Å². The first kappa shape index (κ1) is 26.0. The molecule has 7 nitrogen and oxygen atoms in total. The van der Waals surface area contributed by atoms with Gasteiger partial charge in [-0.15, -0.1) is 0 Å². The molecule has 182 valence electrons. The van der Waals surface area contributed by atoms with E-state index in [2.05, 4.69) is 31.8 Å². The van der Waals surface area contributed by atoms with Gasteiger partial charge in [0.05, 0.1) is 12.8 Å². The minimum atomic E-state index is -0.512. The van der Waals surface area contributed by atoms with Crippen molar-refractivity contribution in [2.75, 3.05) is 11.9 Å². The Bertz CT molecular complexity index is 1210. The summed E-state index contributed by atoms with van der Waals surface area (Å²) in [6, 6.07) is 18.9. The second-order valence-electron chi connectivity index (χ2n) is 7.87. The minimum Gasteiger partial charge on any atom is -0.490 e. The molecule has 2 amide bonds. The van der Waals surface area contributed by atoms with Crippen molar-refractivity contribution < 1.29 is 19.1 Å². The van der Waals surface area contributed by atoms with E-state index in [-0.39, 0.29) is 6.42 Å². The van der Waals surface area contributed by atoms with E-state index in [1.165, 1.54) is 6.21 Å². The number of nitrogens with one attached hydrogen (secondary N) is 2. The predicted octanol–water partition coefficient (Wildman–Crippen LogP) is 5.52. The maximum atomic E-state index is 12.1. The second-order valence-corrected chi connectivity index (χ2v) is 8.79. The maximum Gasteiger partial charge on any atom is 0.249 e. The Morgan fingerprint density at radius 3 is 2.40 bits per heavy atom. The highest BCUT2D eigenvalue weighted by atomic mass is 79.9. The lowest BCUT2D eigenvalue weighted by molar-refractivity contribution is -0.126. The summed E-state index contributed by atoms with van der Waals surface area (Å²) in [6.07, 6.45) is 1.15. The molecular weight excluding hydrogens is 510 g/mol. The van der Waals surface area contributed by atoms with Crippen molar-refractivity contribution in [2.45, 2.75) is 33.8 Å². The molecule has 0 saturated carbocycles. The normalized spacial score (nSPS) is 10.7. The summed E-state index contributed by atoms with van der Waals surface area (Å²) in [5.74, 6) is 0.264. The molecule has 0 unspecified atom stereocenters. The largest absolute Gasteiger partial charge is 0.490 e. The molecule has 0 aliphatic rings. The smallest absolute Gasteiger partial charge is 0.249 e. The zero-order valence-electron chi connectivity index (χ0n) is 19.9. The molecule has 8 heteroatoms. The molecule has 0 bridgehead atoms. The highest BCUT2D eigenvalue weighted by molar-refractivity contribution is 9.10. The highest BCUT2D eigenvalue weighted by Crippen LogP contribution is 2.29. The Balaban J connectivity index is 1.53. The molecule has 0 fully saturated rings. The van der Waals surface area contributed by atoms with Crippen LogP contribution >= 0.6 is 15.9 Å². The number of anilines is 1. The number of carbonyl (C=O) groups excluding carboxylic acids is 2. The molecule has 0 saturated heterocycles. The molecule has 0 spiro atoms. The molecule has 3 aromatic rings. The van der Waals surface area contributed by atoms with E-state index in [1.54, 1.807) is 18.2 Å². The highest BCUT2D eigenvalue weighted by Gasteiger charge is 2.10. The third-order valence-electron chi connectivity index (χ3n) is 5.09. The third kappa shape index (κ3) is 8.26. The second kappa shape index (κ2) is 12.7. The van der Waals surface area contributed by atoms with Crippen LogP contribution in [0, 0.1) is 13.8 Å². The lowest BCUT2D eigenvalue weighted by Crippen LogP contribution is -2.24. The fourth-order valence-corrected chi connectivity index (χ4v) is 3.39. The molecule has 2 N–H and O–H groups in total. The van der Waals surface area contributed by atoms with E-state index in [4.69, 9.17) is 9.47 Å². The van der Waals surface area contributed by atoms with Gasteiger partial charge in [-0.25, -0.2) is 5.43 Å². The van der Waals surface area contributed by atoms with Gasteiger partial charge in [0.1, 0.15) is 13.0 Å². The summed E-state index contributed by atoms with van der Waals surface area (Å²) >= 11 is 3.42. The Kier molecular flexibility index (Phi) is 9.43. The lowest BCUT2D eigenvalue weighted by Gasteiger charge is -2.12. The average Bonchev–Trinajstić information content (AvgIpc) is 2.82. The van der Waals surface area contributed by atoms with Crippen LogP contribution in [-0.4, -0.2) is 24.6 Å². The molecule has 35 heavy (non-hydrogen) atoms. The number of aryl methyl sites for hydroxylation is 2. The number of hydrazone groups is 1. The first-order valence-electron chi connectivity index (χ1n) is 11.2. The van der Waals surface area contributed by atoms with Gasteiger partial charge in [-0.2, -0.15) is 5.10 Å². The summed E-state index contributed by atoms with van der Waals surface area (Å²) in [5, 5.41) is 6.67. The topological polar surface area (TPSA) is 89.0 Å². The van der Waals surface area contributed by atoms with Crippen molar-refractivity contribution in [1.82, 2.24) is 5.43 Å². The molecule has 3 aromatic carbocycles. The Labute approximate surface area is 213 Å². The molecule has 0 aliphatic carbocycles. The van der Waals surface area contributed by atoms with E-state index in [1.807, 2.05) is 63.2 Å². The Morgan fingerprint density at radius 1 is 0.914 bits per heavy atom. The van der Waals surface area contributed by atoms with Crippen molar-refractivity contribution in [2.24, 2.45) is 5.10 Å². The number of halogens is 1. The number of hydrogen-bond acceptors (Lipinski definition) is 5. The molecule has 3 rings (SSSR count). The van der Waals surface area contributed by atoms with Gasteiger partial charge in [-0.1, -0.05) is 34.1 Å². The van der Waals surface area contributed by atoms with Gasteiger partial charge in [-0.3, -0.25) is 9.59 Å². The summed E-state index contributed by atoms with van der Waals surface area (Å²) in [6.45, 7) is 6.73. The SMILES string of the molecule is CCOc1cc(C=NNC(=O)CC(=O)Nc2ccc(C)c(C)c2)ccc1OCc1ccc(Br)cc1. The van der Waals surface area contributed by atoms with Crippen LogP contribution in [0.15, 0.2) is 70.2 Å². The van der Waals surface area contributed by atoms with Crippen molar-refractivity contribution in [3.63, 3.8) is 0 Å². The standard InChI is InChI=1S/C27H28BrN3O4/c1-4-34-25-14-21(8-12-24(25)35-17-20-6-9-22(28)10-7-20)16-29-31-27(33)15-26(32)30-23-11-5-18(2)19(3)13-23/h5-14,16H,4,15,17H2,1-3H3,(H,30,32)(H,31,33). The van der Waals surface area contributed by atoms with Crippen LogP contribution in [0.2, 0.25) is 0 Å². The monoisotopic (exact) mass is 537 g/mol. The van der Waals surface area contributed by atoms with Crippen LogP contribution in [0.1, 0.15) is 35.6 Å². The van der Waals surface area contributed by atoms with Crippen LogP contribution in [0.4, 0.5) is 5.69 Å². The zero-order valence-corrected chi connectivity index (χ0v) is 21.5. The summed E-state index contributed by atoms with van der Waals surface area (Å²) < 4.78 is 12.6. The van der Waals surface area contributed by atoms with Crippen LogP contribution in [0.5, 0.6) is 11.5 Å². The Morgan fingerprint density at radius 2 is 1.69 bits per heavy atom. The first-order valence-corrected chi connectivity index (χ1v) is 12.0. The summed E-state index contributed by atoms with van der Waals surface area (Å²) in [4.78, 5) is 24.2. The van der Waals surface area contributed by atoms with Crippen molar-refractivity contribution in [3.8, 4) is 11.5 Å². The van der Waals surface area contributed by atoms with Crippen LogP contribution in [0.3, 0.4) is 0 Å². The number of nitrogens with zero attached hydrogens (tertiary/aromatic N) is 1.